The smallest absolute Gasteiger partial charge is 0.472 e. The fraction of sp³-hybridized carbons (Fsp3) is 0.702. The molecule has 10 nitrogen and oxygen atoms in total. The second-order valence-electron chi connectivity index (χ2n) is 14.8. The molecule has 0 aliphatic carbocycles. The average Bonchev–Trinajstić information content (AvgIpc) is 3.20. The quantitative estimate of drug-likeness (QED) is 0.0234. The van der Waals surface area contributed by atoms with Gasteiger partial charge in [0.2, 0.25) is 0 Å². The van der Waals surface area contributed by atoms with Gasteiger partial charge in [-0.25, -0.2) is 4.57 Å². The van der Waals surface area contributed by atoms with Crippen LogP contribution in [-0.2, 0) is 32.7 Å². The molecule has 0 radical (unpaired) electrons. The number of hydrogen-bond acceptors (Lipinski definition) is 8. The standard InChI is InChI=1S/C47H82NO9P/c1-3-5-7-9-11-13-15-17-19-21-22-23-24-26-28-30-32-34-36-38-40-54-41-44(42-55-58(52,53)56-43-45(48)47(50)51)57-46(49)39-37-35-33-31-29-27-25-20-18-16-14-12-10-8-6-4-2/h5,7,11,13-14,16-17,19-20,22-23,25,44-45H,3-4,6,8-10,12,15,18,21,24,26-43,48H2,1-2H3,(H,50,51)(H,52,53)/b7-5-,13-11-,16-14-,19-17-,23-22-,25-20-. The van der Waals surface area contributed by atoms with E-state index in [4.69, 9.17) is 29.4 Å². The van der Waals surface area contributed by atoms with E-state index in [9.17, 15) is 19.0 Å². The van der Waals surface area contributed by atoms with Crippen molar-refractivity contribution in [3.63, 3.8) is 0 Å². The van der Waals surface area contributed by atoms with E-state index in [1.165, 1.54) is 57.8 Å². The summed E-state index contributed by atoms with van der Waals surface area (Å²) in [5.41, 5.74) is 5.36. The number of carbonyl (C=O) groups excluding carboxylic acids is 1. The maximum Gasteiger partial charge on any atom is 0.472 e. The largest absolute Gasteiger partial charge is 0.480 e. The number of phosphoric acid groups is 1. The second-order valence-corrected chi connectivity index (χ2v) is 16.2. The van der Waals surface area contributed by atoms with E-state index in [2.05, 4.69) is 86.8 Å². The Balaban J connectivity index is 4.27. The van der Waals surface area contributed by atoms with Crippen LogP contribution in [0.25, 0.3) is 0 Å². The molecule has 11 heteroatoms. The summed E-state index contributed by atoms with van der Waals surface area (Å²) in [7, 11) is -4.63. The van der Waals surface area contributed by atoms with Crippen LogP contribution in [0.1, 0.15) is 174 Å². The maximum absolute atomic E-state index is 12.6. The molecule has 0 rings (SSSR count). The van der Waals surface area contributed by atoms with E-state index in [1.807, 2.05) is 0 Å². The van der Waals surface area contributed by atoms with Crippen LogP contribution in [0, 0.1) is 0 Å². The van der Waals surface area contributed by atoms with Gasteiger partial charge in [0.15, 0.2) is 0 Å². The Hall–Kier alpha value is -2.59. The molecule has 0 heterocycles. The van der Waals surface area contributed by atoms with Crippen LogP contribution in [0.3, 0.4) is 0 Å². The number of hydrogen-bond donors (Lipinski definition) is 3. The van der Waals surface area contributed by atoms with Crippen LogP contribution in [0.2, 0.25) is 0 Å². The molecule has 0 aromatic carbocycles. The lowest BCUT2D eigenvalue weighted by atomic mass is 10.1. The Labute approximate surface area is 353 Å². The van der Waals surface area contributed by atoms with Crippen molar-refractivity contribution in [2.75, 3.05) is 26.4 Å². The molecule has 0 saturated carbocycles. The van der Waals surface area contributed by atoms with Gasteiger partial charge in [0.1, 0.15) is 12.1 Å². The fourth-order valence-corrected chi connectivity index (χ4v) is 6.52. The molecule has 334 valence electrons. The van der Waals surface area contributed by atoms with Gasteiger partial charge < -0.3 is 25.2 Å². The summed E-state index contributed by atoms with van der Waals surface area (Å²) < 4.78 is 33.4. The molecule has 0 saturated heterocycles. The molecule has 3 unspecified atom stereocenters. The number of carboxylic acids is 1. The zero-order valence-electron chi connectivity index (χ0n) is 36.4. The molecular formula is C47H82NO9P. The normalized spacial score (nSPS) is 14.6. The van der Waals surface area contributed by atoms with Gasteiger partial charge in [0, 0.05) is 13.0 Å². The molecular weight excluding hydrogens is 753 g/mol. The van der Waals surface area contributed by atoms with Crippen molar-refractivity contribution in [1.29, 1.82) is 0 Å². The second kappa shape index (κ2) is 42.5. The van der Waals surface area contributed by atoms with Gasteiger partial charge in [0.25, 0.3) is 0 Å². The van der Waals surface area contributed by atoms with Crippen molar-refractivity contribution in [3.05, 3.63) is 72.9 Å². The van der Waals surface area contributed by atoms with Gasteiger partial charge in [0.05, 0.1) is 19.8 Å². The molecule has 0 bridgehead atoms. The number of allylic oxidation sites excluding steroid dienone is 12. The molecule has 0 spiro atoms. The van der Waals surface area contributed by atoms with E-state index in [-0.39, 0.29) is 13.0 Å². The minimum absolute atomic E-state index is 0.0000539. The number of aliphatic carboxylic acids is 1. The lowest BCUT2D eigenvalue weighted by Gasteiger charge is -2.20. The Kier molecular flexibility index (Phi) is 40.6. The Morgan fingerprint density at radius 2 is 1.00 bits per heavy atom. The van der Waals surface area contributed by atoms with Crippen LogP contribution >= 0.6 is 7.82 Å². The lowest BCUT2D eigenvalue weighted by Crippen LogP contribution is -2.34. The minimum atomic E-state index is -4.63. The van der Waals surface area contributed by atoms with Crippen LogP contribution < -0.4 is 5.73 Å². The van der Waals surface area contributed by atoms with Crippen molar-refractivity contribution in [2.24, 2.45) is 5.73 Å². The van der Waals surface area contributed by atoms with Gasteiger partial charge >= 0.3 is 19.8 Å². The van der Waals surface area contributed by atoms with Crippen LogP contribution in [0.4, 0.5) is 0 Å². The number of carboxylic acid groups (broad SMARTS) is 1. The number of ether oxygens (including phenoxy) is 2. The Morgan fingerprint density at radius 3 is 1.50 bits per heavy atom. The fourth-order valence-electron chi connectivity index (χ4n) is 5.74. The van der Waals surface area contributed by atoms with E-state index in [0.717, 1.165) is 89.9 Å². The van der Waals surface area contributed by atoms with Crippen LogP contribution in [0.5, 0.6) is 0 Å². The van der Waals surface area contributed by atoms with Gasteiger partial charge in [-0.05, 0) is 83.5 Å². The zero-order valence-corrected chi connectivity index (χ0v) is 37.3. The highest BCUT2D eigenvalue weighted by atomic mass is 31.2. The zero-order chi connectivity index (χ0) is 42.6. The highest BCUT2D eigenvalue weighted by molar-refractivity contribution is 7.47. The van der Waals surface area contributed by atoms with Crippen molar-refractivity contribution >= 4 is 19.8 Å². The maximum atomic E-state index is 12.6. The van der Waals surface area contributed by atoms with E-state index >= 15 is 0 Å². The molecule has 58 heavy (non-hydrogen) atoms. The van der Waals surface area contributed by atoms with E-state index in [0.29, 0.717) is 13.0 Å². The first kappa shape index (κ1) is 55.4. The van der Waals surface area contributed by atoms with Crippen molar-refractivity contribution in [3.8, 4) is 0 Å². The first-order valence-corrected chi connectivity index (χ1v) is 24.0. The molecule has 0 aliphatic rings. The molecule has 0 aliphatic heterocycles. The third kappa shape index (κ3) is 41.6. The Bertz CT molecular complexity index is 1200. The highest BCUT2D eigenvalue weighted by Crippen LogP contribution is 2.43. The SMILES string of the molecule is CC/C=C\C/C=C\C/C=C\C/C=C\CCCCCCCCCOCC(COP(=O)(O)OCC(N)C(=O)O)OC(=O)CCCCCCC/C=C\C/C=C\CCCCCC. The van der Waals surface area contributed by atoms with Gasteiger partial charge in [-0.3, -0.25) is 18.6 Å². The summed E-state index contributed by atoms with van der Waals surface area (Å²) in [6.45, 7) is 3.70. The minimum Gasteiger partial charge on any atom is -0.480 e. The number of rotatable bonds is 42. The Morgan fingerprint density at radius 1 is 0.569 bits per heavy atom. The number of carbonyl (C=O) groups is 2. The summed E-state index contributed by atoms with van der Waals surface area (Å²) in [5, 5.41) is 8.90. The molecule has 0 aromatic heterocycles. The van der Waals surface area contributed by atoms with Crippen molar-refractivity contribution in [2.45, 2.75) is 187 Å². The van der Waals surface area contributed by atoms with Gasteiger partial charge in [-0.15, -0.1) is 0 Å². The first-order valence-electron chi connectivity index (χ1n) is 22.5. The average molecular weight is 836 g/mol. The van der Waals surface area contributed by atoms with Gasteiger partial charge in [-0.2, -0.15) is 0 Å². The monoisotopic (exact) mass is 836 g/mol. The molecule has 4 N–H and O–H groups in total. The summed E-state index contributed by atoms with van der Waals surface area (Å²) in [6.07, 6.45) is 52.3. The predicted molar refractivity (Wildman–Crippen MR) is 240 cm³/mol. The van der Waals surface area contributed by atoms with Crippen molar-refractivity contribution < 1.29 is 42.7 Å². The summed E-state index contributed by atoms with van der Waals surface area (Å²) >= 11 is 0. The predicted octanol–water partition coefficient (Wildman–Crippen LogP) is 12.6. The third-order valence-corrected chi connectivity index (χ3v) is 10.2. The third-order valence-electron chi connectivity index (χ3n) is 9.22. The topological polar surface area (TPSA) is 155 Å². The number of nitrogens with two attached hydrogens (primary N) is 1. The van der Waals surface area contributed by atoms with Crippen molar-refractivity contribution in [1.82, 2.24) is 0 Å². The van der Waals surface area contributed by atoms with E-state index < -0.39 is 45.1 Å². The number of unbranched alkanes of at least 4 members (excludes halogenated alkanes) is 16. The lowest BCUT2D eigenvalue weighted by molar-refractivity contribution is -0.154. The number of esters is 1. The van der Waals surface area contributed by atoms with Gasteiger partial charge in [-0.1, -0.05) is 157 Å². The van der Waals surface area contributed by atoms with Crippen LogP contribution in [0.15, 0.2) is 72.9 Å². The highest BCUT2D eigenvalue weighted by Gasteiger charge is 2.27. The number of phosphoric ester groups is 1. The molecule has 0 aromatic rings. The molecule has 0 amide bonds. The first-order chi connectivity index (χ1) is 28.2. The summed E-state index contributed by atoms with van der Waals surface area (Å²) in [4.78, 5) is 33.6. The molecule has 3 atom stereocenters. The summed E-state index contributed by atoms with van der Waals surface area (Å²) in [5.74, 6) is -1.80. The van der Waals surface area contributed by atoms with E-state index in [1.54, 1.807) is 0 Å². The summed E-state index contributed by atoms with van der Waals surface area (Å²) in [6, 6.07) is -1.48. The van der Waals surface area contributed by atoms with Crippen LogP contribution in [-0.4, -0.2) is 60.5 Å². The molecule has 0 fully saturated rings.